The van der Waals surface area contributed by atoms with E-state index in [1.807, 2.05) is 0 Å². The van der Waals surface area contributed by atoms with Crippen molar-refractivity contribution in [2.45, 2.75) is 98.3 Å². The molecule has 0 radical (unpaired) electrons. The number of hydrogen-bond acceptors (Lipinski definition) is 0. The third-order valence-corrected chi connectivity index (χ3v) is 10.9. The van der Waals surface area contributed by atoms with Gasteiger partial charge in [-0.2, -0.15) is 0 Å². The molecule has 0 aliphatic heterocycles. The van der Waals surface area contributed by atoms with Crippen molar-refractivity contribution in [3.63, 3.8) is 0 Å². The molecular formula is C19H43P. The summed E-state index contributed by atoms with van der Waals surface area (Å²) in [4.78, 5) is 0. The molecule has 0 fully saturated rings. The van der Waals surface area contributed by atoms with E-state index in [0.717, 1.165) is 0 Å². The SMILES string of the molecule is CCCCCCC[PH](CC)(CCCCC)CCCCC. The first kappa shape index (κ1) is 20.4. The molecule has 0 atom stereocenters. The molecule has 0 rings (SSSR count). The molecule has 0 bridgehead atoms. The van der Waals surface area contributed by atoms with E-state index >= 15 is 0 Å². The minimum atomic E-state index is -0.904. The molecule has 0 aliphatic rings. The molecule has 0 nitrogen and oxygen atoms in total. The fraction of sp³-hybridized carbons (Fsp3) is 1.00. The molecule has 0 amide bonds. The van der Waals surface area contributed by atoms with Crippen LogP contribution in [-0.4, -0.2) is 24.6 Å². The number of unbranched alkanes of at least 4 members (excludes halogenated alkanes) is 8. The zero-order valence-corrected chi connectivity index (χ0v) is 16.1. The van der Waals surface area contributed by atoms with Crippen molar-refractivity contribution in [1.29, 1.82) is 0 Å². The number of rotatable bonds is 15. The van der Waals surface area contributed by atoms with Gasteiger partial charge in [0.2, 0.25) is 0 Å². The molecule has 0 heterocycles. The van der Waals surface area contributed by atoms with Gasteiger partial charge < -0.3 is 0 Å². The van der Waals surface area contributed by atoms with E-state index in [1.54, 1.807) is 24.6 Å². The van der Waals surface area contributed by atoms with Crippen molar-refractivity contribution < 1.29 is 0 Å². The van der Waals surface area contributed by atoms with Gasteiger partial charge in [-0.25, -0.2) is 0 Å². The van der Waals surface area contributed by atoms with Crippen LogP contribution in [-0.2, 0) is 0 Å². The summed E-state index contributed by atoms with van der Waals surface area (Å²) in [6.45, 7) is 9.52. The molecule has 0 aromatic heterocycles. The Morgan fingerprint density at radius 1 is 0.450 bits per heavy atom. The molecule has 0 saturated carbocycles. The molecule has 1 heteroatoms. The van der Waals surface area contributed by atoms with Crippen LogP contribution in [0, 0.1) is 0 Å². The Labute approximate surface area is 130 Å². The summed E-state index contributed by atoms with van der Waals surface area (Å²) in [6, 6.07) is 0. The standard InChI is InChI=1S/C19H43P/c1-5-9-12-13-16-19-20(8-4,17-14-10-6-2)18-15-11-7-3/h20H,5-19H2,1-4H3. The predicted octanol–water partition coefficient (Wildman–Crippen LogP) is 7.11. The molecule has 0 aliphatic carbocycles. The van der Waals surface area contributed by atoms with Crippen LogP contribution in [0.4, 0.5) is 0 Å². The molecular weight excluding hydrogens is 259 g/mol. The normalized spacial score (nSPS) is 12.8. The predicted molar refractivity (Wildman–Crippen MR) is 101 cm³/mol. The Bertz CT molecular complexity index is 178. The fourth-order valence-electron chi connectivity index (χ4n) is 3.51. The van der Waals surface area contributed by atoms with Crippen molar-refractivity contribution in [3.8, 4) is 0 Å². The second kappa shape index (κ2) is 14.4. The molecule has 0 unspecified atom stereocenters. The van der Waals surface area contributed by atoms with Gasteiger partial charge in [0.15, 0.2) is 0 Å². The maximum atomic E-state index is 2.51. The van der Waals surface area contributed by atoms with Crippen molar-refractivity contribution in [2.75, 3.05) is 24.6 Å². The summed E-state index contributed by atoms with van der Waals surface area (Å²) in [5, 5.41) is 0. The topological polar surface area (TPSA) is 0 Å². The van der Waals surface area contributed by atoms with E-state index in [0.29, 0.717) is 0 Å². The van der Waals surface area contributed by atoms with Gasteiger partial charge >= 0.3 is 130 Å². The van der Waals surface area contributed by atoms with Gasteiger partial charge in [-0.05, 0) is 0 Å². The molecule has 0 aromatic carbocycles. The van der Waals surface area contributed by atoms with Crippen LogP contribution in [0.3, 0.4) is 0 Å². The quantitative estimate of drug-likeness (QED) is 0.223. The molecule has 0 spiro atoms. The van der Waals surface area contributed by atoms with Crippen molar-refractivity contribution in [1.82, 2.24) is 0 Å². The molecule has 124 valence electrons. The van der Waals surface area contributed by atoms with Crippen LogP contribution in [0.1, 0.15) is 98.3 Å². The average Bonchev–Trinajstić information content (AvgIpc) is 2.47. The summed E-state index contributed by atoms with van der Waals surface area (Å²) in [6.07, 6.45) is 22.6. The van der Waals surface area contributed by atoms with Gasteiger partial charge in [0.25, 0.3) is 0 Å². The van der Waals surface area contributed by atoms with Crippen LogP contribution < -0.4 is 0 Å². The molecule has 0 N–H and O–H groups in total. The van der Waals surface area contributed by atoms with Crippen LogP contribution in [0.5, 0.6) is 0 Å². The van der Waals surface area contributed by atoms with Crippen molar-refractivity contribution >= 4 is 7.26 Å². The average molecular weight is 303 g/mol. The fourth-order valence-corrected chi connectivity index (χ4v) is 8.32. The second-order valence-electron chi connectivity index (χ2n) is 6.93. The van der Waals surface area contributed by atoms with Crippen molar-refractivity contribution in [3.05, 3.63) is 0 Å². The third kappa shape index (κ3) is 10.2. The maximum absolute atomic E-state index is 2.51. The Morgan fingerprint density at radius 3 is 1.20 bits per heavy atom. The van der Waals surface area contributed by atoms with E-state index in [2.05, 4.69) is 27.7 Å². The Morgan fingerprint density at radius 2 is 0.800 bits per heavy atom. The summed E-state index contributed by atoms with van der Waals surface area (Å²) >= 11 is 0. The van der Waals surface area contributed by atoms with E-state index in [9.17, 15) is 0 Å². The van der Waals surface area contributed by atoms with E-state index in [1.165, 1.54) is 70.6 Å². The summed E-state index contributed by atoms with van der Waals surface area (Å²) in [5.41, 5.74) is 0. The van der Waals surface area contributed by atoms with Gasteiger partial charge in [-0.1, -0.05) is 0 Å². The number of hydrogen-bond donors (Lipinski definition) is 0. The summed E-state index contributed by atoms with van der Waals surface area (Å²) in [5.74, 6) is 0. The summed E-state index contributed by atoms with van der Waals surface area (Å²) < 4.78 is 0. The van der Waals surface area contributed by atoms with Gasteiger partial charge in [-0.3, -0.25) is 0 Å². The summed E-state index contributed by atoms with van der Waals surface area (Å²) in [7, 11) is -0.904. The molecule has 20 heavy (non-hydrogen) atoms. The first-order valence-electron chi connectivity index (χ1n) is 9.74. The van der Waals surface area contributed by atoms with E-state index in [-0.39, 0.29) is 0 Å². The van der Waals surface area contributed by atoms with Crippen molar-refractivity contribution in [2.24, 2.45) is 0 Å². The Balaban J connectivity index is 4.17. The van der Waals surface area contributed by atoms with Gasteiger partial charge in [0, 0.05) is 0 Å². The van der Waals surface area contributed by atoms with Gasteiger partial charge in [-0.15, -0.1) is 0 Å². The van der Waals surface area contributed by atoms with E-state index in [4.69, 9.17) is 0 Å². The van der Waals surface area contributed by atoms with Crippen LogP contribution in [0.2, 0.25) is 0 Å². The third-order valence-electron chi connectivity index (χ3n) is 5.18. The van der Waals surface area contributed by atoms with Crippen LogP contribution in [0.15, 0.2) is 0 Å². The second-order valence-corrected chi connectivity index (χ2v) is 12.1. The zero-order chi connectivity index (χ0) is 15.1. The van der Waals surface area contributed by atoms with Crippen LogP contribution in [0.25, 0.3) is 0 Å². The Kier molecular flexibility index (Phi) is 14.7. The molecule has 0 aromatic rings. The first-order valence-corrected chi connectivity index (χ1v) is 12.6. The van der Waals surface area contributed by atoms with E-state index < -0.39 is 7.26 Å². The first-order chi connectivity index (χ1) is 9.74. The molecule has 0 saturated heterocycles. The Hall–Kier alpha value is 0.430. The minimum absolute atomic E-state index is 0.904. The van der Waals surface area contributed by atoms with Gasteiger partial charge in [0.1, 0.15) is 0 Å². The zero-order valence-electron chi connectivity index (χ0n) is 15.1. The van der Waals surface area contributed by atoms with Gasteiger partial charge in [0.05, 0.1) is 0 Å². The van der Waals surface area contributed by atoms with Crippen LogP contribution >= 0.6 is 7.26 Å². The monoisotopic (exact) mass is 302 g/mol.